The predicted octanol–water partition coefficient (Wildman–Crippen LogP) is 2.38. The highest BCUT2D eigenvalue weighted by molar-refractivity contribution is 6.11. The van der Waals surface area contributed by atoms with Crippen molar-refractivity contribution in [2.24, 2.45) is 7.05 Å². The number of carbonyl (C=O) groups excluding carboxylic acids is 1. The van der Waals surface area contributed by atoms with E-state index in [0.29, 0.717) is 37.0 Å². The van der Waals surface area contributed by atoms with Gasteiger partial charge < -0.3 is 23.7 Å². The average Bonchev–Trinajstić information content (AvgIpc) is 3.27. The Labute approximate surface area is 178 Å². The molecule has 6 rings (SSSR count). The molecule has 1 spiro atoms. The highest BCUT2D eigenvalue weighted by Crippen LogP contribution is 2.54. The highest BCUT2D eigenvalue weighted by Gasteiger charge is 2.57. The van der Waals surface area contributed by atoms with Crippen LogP contribution in [0.1, 0.15) is 16.7 Å². The van der Waals surface area contributed by atoms with Crippen molar-refractivity contribution in [2.75, 3.05) is 24.7 Å². The molecule has 0 aliphatic carbocycles. The van der Waals surface area contributed by atoms with E-state index in [9.17, 15) is 9.59 Å². The van der Waals surface area contributed by atoms with Crippen molar-refractivity contribution < 1.29 is 19.0 Å². The molecule has 2 aromatic carbocycles. The number of amides is 1. The minimum absolute atomic E-state index is 0.0435. The summed E-state index contributed by atoms with van der Waals surface area (Å²) in [5.74, 6) is 1.88. The summed E-state index contributed by atoms with van der Waals surface area (Å²) in [5, 5.41) is 0. The van der Waals surface area contributed by atoms with Crippen molar-refractivity contribution >= 4 is 11.6 Å². The standard InChI is InChI=1S/C24H20N2O5/c1-25-12-15(6-7-22(25)27)13-26-18-5-3-2-4-16(18)24(23(26)28)14-31-19-11-21-20(10-17(19)24)29-8-9-30-21/h2-7,10-12H,8-9,13-14H2,1H3. The SMILES string of the molecule is Cn1cc(CN2C(=O)C3(COc4cc5c(cc43)OCCO5)c3ccccc32)ccc1=O. The van der Waals surface area contributed by atoms with E-state index in [1.165, 1.54) is 10.6 Å². The zero-order valence-electron chi connectivity index (χ0n) is 17.0. The quantitative estimate of drug-likeness (QED) is 0.642. The van der Waals surface area contributed by atoms with Crippen molar-refractivity contribution in [2.45, 2.75) is 12.0 Å². The Hall–Kier alpha value is -3.74. The molecular formula is C24H20N2O5. The van der Waals surface area contributed by atoms with E-state index in [1.54, 1.807) is 24.2 Å². The maximum absolute atomic E-state index is 14.0. The second-order valence-corrected chi connectivity index (χ2v) is 8.08. The van der Waals surface area contributed by atoms with Gasteiger partial charge >= 0.3 is 0 Å². The fraction of sp³-hybridized carbons (Fsp3) is 0.250. The predicted molar refractivity (Wildman–Crippen MR) is 113 cm³/mol. The van der Waals surface area contributed by atoms with Gasteiger partial charge in [-0.3, -0.25) is 9.59 Å². The van der Waals surface area contributed by atoms with Crippen LogP contribution in [-0.4, -0.2) is 30.3 Å². The number of para-hydroxylation sites is 1. The van der Waals surface area contributed by atoms with Gasteiger partial charge in [0.15, 0.2) is 11.5 Å². The van der Waals surface area contributed by atoms with E-state index >= 15 is 0 Å². The Morgan fingerprint density at radius 3 is 2.48 bits per heavy atom. The molecule has 0 radical (unpaired) electrons. The molecule has 7 nitrogen and oxygen atoms in total. The Morgan fingerprint density at radius 1 is 0.903 bits per heavy atom. The maximum Gasteiger partial charge on any atom is 0.250 e. The fourth-order valence-electron chi connectivity index (χ4n) is 4.80. The molecule has 0 fully saturated rings. The van der Waals surface area contributed by atoms with Crippen molar-refractivity contribution in [1.29, 1.82) is 0 Å². The van der Waals surface area contributed by atoms with Crippen LogP contribution in [0.25, 0.3) is 0 Å². The zero-order chi connectivity index (χ0) is 21.2. The summed E-state index contributed by atoms with van der Waals surface area (Å²) in [5.41, 5.74) is 2.44. The summed E-state index contributed by atoms with van der Waals surface area (Å²) in [4.78, 5) is 27.5. The third-order valence-electron chi connectivity index (χ3n) is 6.30. The van der Waals surface area contributed by atoms with Crippen molar-refractivity contribution in [3.05, 3.63) is 81.8 Å². The van der Waals surface area contributed by atoms with Gasteiger partial charge in [-0.15, -0.1) is 0 Å². The molecule has 3 aromatic rings. The third kappa shape index (κ3) is 2.46. The lowest BCUT2D eigenvalue weighted by Crippen LogP contribution is -2.42. The van der Waals surface area contributed by atoms with Gasteiger partial charge in [-0.2, -0.15) is 0 Å². The van der Waals surface area contributed by atoms with Crippen LogP contribution in [0.2, 0.25) is 0 Å². The van der Waals surface area contributed by atoms with E-state index in [4.69, 9.17) is 14.2 Å². The van der Waals surface area contributed by atoms with Gasteiger partial charge in [0.2, 0.25) is 11.5 Å². The zero-order valence-corrected chi connectivity index (χ0v) is 17.0. The molecule has 1 amide bonds. The Kier molecular flexibility index (Phi) is 3.72. The first kappa shape index (κ1) is 18.1. The monoisotopic (exact) mass is 416 g/mol. The summed E-state index contributed by atoms with van der Waals surface area (Å²) in [6.45, 7) is 1.56. The first-order chi connectivity index (χ1) is 15.1. The number of rotatable bonds is 2. The van der Waals surface area contributed by atoms with Gasteiger partial charge in [0.1, 0.15) is 31.0 Å². The molecule has 1 atom stereocenters. The van der Waals surface area contributed by atoms with E-state index in [2.05, 4.69) is 0 Å². The Bertz CT molecular complexity index is 1300. The molecule has 0 N–H and O–H groups in total. The summed E-state index contributed by atoms with van der Waals surface area (Å²) in [7, 11) is 1.71. The number of aryl methyl sites for hydroxylation is 1. The van der Waals surface area contributed by atoms with Crippen LogP contribution in [0, 0.1) is 0 Å². The van der Waals surface area contributed by atoms with Crippen LogP contribution in [0.4, 0.5) is 5.69 Å². The van der Waals surface area contributed by atoms with E-state index in [-0.39, 0.29) is 18.1 Å². The molecule has 1 aromatic heterocycles. The molecule has 156 valence electrons. The highest BCUT2D eigenvalue weighted by atomic mass is 16.6. The van der Waals surface area contributed by atoms with Crippen molar-refractivity contribution in [3.63, 3.8) is 0 Å². The molecule has 31 heavy (non-hydrogen) atoms. The van der Waals surface area contributed by atoms with Gasteiger partial charge in [-0.25, -0.2) is 0 Å². The molecular weight excluding hydrogens is 396 g/mol. The molecule has 3 aliphatic heterocycles. The van der Waals surface area contributed by atoms with E-state index < -0.39 is 5.41 Å². The number of carbonyl (C=O) groups is 1. The summed E-state index contributed by atoms with van der Waals surface area (Å²) < 4.78 is 19.0. The number of fused-ring (bicyclic) bond motifs is 5. The topological polar surface area (TPSA) is 70.0 Å². The van der Waals surface area contributed by atoms with Crippen LogP contribution in [0.5, 0.6) is 17.2 Å². The lowest BCUT2D eigenvalue weighted by Gasteiger charge is -2.24. The van der Waals surface area contributed by atoms with Gasteiger partial charge in [0.25, 0.3) is 0 Å². The van der Waals surface area contributed by atoms with Gasteiger partial charge in [-0.1, -0.05) is 24.3 Å². The number of aromatic nitrogens is 1. The molecule has 4 heterocycles. The van der Waals surface area contributed by atoms with Crippen LogP contribution in [-0.2, 0) is 23.8 Å². The first-order valence-corrected chi connectivity index (χ1v) is 10.2. The van der Waals surface area contributed by atoms with Crippen LogP contribution in [0.15, 0.2) is 59.5 Å². The first-order valence-electron chi connectivity index (χ1n) is 10.2. The van der Waals surface area contributed by atoms with Gasteiger partial charge in [-0.05, 0) is 23.3 Å². The van der Waals surface area contributed by atoms with Gasteiger partial charge in [0.05, 0.1) is 6.54 Å². The van der Waals surface area contributed by atoms with Crippen molar-refractivity contribution in [3.8, 4) is 17.2 Å². The number of anilines is 1. The Morgan fingerprint density at radius 2 is 1.68 bits per heavy atom. The van der Waals surface area contributed by atoms with Gasteiger partial charge in [0, 0.05) is 36.6 Å². The number of ether oxygens (including phenoxy) is 3. The number of nitrogens with zero attached hydrogens (tertiary/aromatic N) is 2. The minimum atomic E-state index is -0.928. The maximum atomic E-state index is 14.0. The normalized spacial score (nSPS) is 20.5. The van der Waals surface area contributed by atoms with Crippen LogP contribution in [0.3, 0.4) is 0 Å². The third-order valence-corrected chi connectivity index (χ3v) is 6.30. The fourth-order valence-corrected chi connectivity index (χ4v) is 4.80. The summed E-state index contributed by atoms with van der Waals surface area (Å²) in [6.07, 6.45) is 1.77. The molecule has 0 saturated carbocycles. The minimum Gasteiger partial charge on any atom is -0.491 e. The molecule has 7 heteroatoms. The summed E-state index contributed by atoms with van der Waals surface area (Å²) in [6, 6.07) is 14.8. The molecule has 1 unspecified atom stereocenters. The molecule has 0 saturated heterocycles. The lowest BCUT2D eigenvalue weighted by atomic mass is 9.77. The van der Waals surface area contributed by atoms with Crippen LogP contribution >= 0.6 is 0 Å². The second-order valence-electron chi connectivity index (χ2n) is 8.08. The second kappa shape index (κ2) is 6.38. The Balaban J connectivity index is 1.48. The molecule has 0 bridgehead atoms. The number of benzene rings is 2. The summed E-state index contributed by atoms with van der Waals surface area (Å²) >= 11 is 0. The van der Waals surface area contributed by atoms with Crippen LogP contribution < -0.4 is 24.7 Å². The average molecular weight is 416 g/mol. The largest absolute Gasteiger partial charge is 0.491 e. The smallest absolute Gasteiger partial charge is 0.250 e. The number of hydrogen-bond donors (Lipinski definition) is 0. The molecule has 3 aliphatic rings. The van der Waals surface area contributed by atoms with E-state index in [0.717, 1.165) is 22.4 Å². The lowest BCUT2D eigenvalue weighted by molar-refractivity contribution is -0.122. The van der Waals surface area contributed by atoms with E-state index in [1.807, 2.05) is 36.4 Å². The van der Waals surface area contributed by atoms with Crippen molar-refractivity contribution in [1.82, 2.24) is 4.57 Å². The number of pyridine rings is 1. The number of hydrogen-bond acceptors (Lipinski definition) is 5.